The highest BCUT2D eigenvalue weighted by molar-refractivity contribution is 6.12. The summed E-state index contributed by atoms with van der Waals surface area (Å²) in [4.78, 5) is 5.23. The molecule has 0 atom stereocenters. The highest BCUT2D eigenvalue weighted by atomic mass is 14.8. The zero-order valence-corrected chi connectivity index (χ0v) is 22.2. The van der Waals surface area contributed by atoms with Gasteiger partial charge in [0.05, 0.1) is 11.4 Å². The van der Waals surface area contributed by atoms with Gasteiger partial charge in [-0.3, -0.25) is 4.99 Å². The van der Waals surface area contributed by atoms with Crippen LogP contribution in [0.2, 0.25) is 0 Å². The first-order chi connectivity index (χ1) is 16.6. The van der Waals surface area contributed by atoms with E-state index in [1.165, 1.54) is 49.5 Å². The van der Waals surface area contributed by atoms with Gasteiger partial charge in [0, 0.05) is 10.8 Å². The van der Waals surface area contributed by atoms with E-state index < -0.39 is 0 Å². The van der Waals surface area contributed by atoms with E-state index >= 15 is 0 Å². The van der Waals surface area contributed by atoms with Crippen molar-refractivity contribution in [2.45, 2.75) is 65.7 Å². The second-order valence-corrected chi connectivity index (χ2v) is 11.7. The third kappa shape index (κ3) is 3.92. The summed E-state index contributed by atoms with van der Waals surface area (Å²) in [6.45, 7) is 16.4. The second kappa shape index (κ2) is 8.48. The molecule has 0 aliphatic carbocycles. The van der Waals surface area contributed by atoms with Crippen molar-refractivity contribution < 1.29 is 0 Å². The van der Waals surface area contributed by atoms with Gasteiger partial charge in [0.15, 0.2) is 0 Å². The Balaban J connectivity index is 1.69. The van der Waals surface area contributed by atoms with Gasteiger partial charge in [-0.25, -0.2) is 0 Å². The lowest BCUT2D eigenvalue weighted by molar-refractivity contribution is 0.533. The van der Waals surface area contributed by atoms with Crippen LogP contribution in [-0.4, -0.2) is 5.71 Å². The van der Waals surface area contributed by atoms with Crippen molar-refractivity contribution in [1.82, 2.24) is 0 Å². The summed E-state index contributed by atoms with van der Waals surface area (Å²) in [6.07, 6.45) is 3.48. The Bertz CT molecular complexity index is 1490. The Hall–Kier alpha value is -3.19. The molecule has 178 valence electrons. The van der Waals surface area contributed by atoms with Crippen molar-refractivity contribution in [3.63, 3.8) is 0 Å². The molecule has 1 heteroatoms. The van der Waals surface area contributed by atoms with Crippen LogP contribution in [0, 0.1) is 12.8 Å². The van der Waals surface area contributed by atoms with E-state index in [4.69, 9.17) is 4.99 Å². The lowest BCUT2D eigenvalue weighted by atomic mass is 9.70. The zero-order chi connectivity index (χ0) is 25.0. The standard InChI is InChI=1S/C34H37N/c1-22(2)20-26(33(4,5)31-23(3)16-17-24-12-8-10-14-27(24)31)21-30-34(6,7)32-28-15-11-9-13-25(28)18-19-29(32)35-30/h8-19,21-22H,20H2,1-7H3/b26-21+. The predicted molar refractivity (Wildman–Crippen MR) is 153 cm³/mol. The number of rotatable bonds is 5. The van der Waals surface area contributed by atoms with Crippen molar-refractivity contribution in [2.75, 3.05) is 0 Å². The smallest absolute Gasteiger partial charge is 0.0681 e. The monoisotopic (exact) mass is 459 g/mol. The van der Waals surface area contributed by atoms with E-state index in [1.54, 1.807) is 0 Å². The van der Waals surface area contributed by atoms with Gasteiger partial charge in [-0.15, -0.1) is 0 Å². The fraction of sp³-hybridized carbons (Fsp3) is 0.324. The largest absolute Gasteiger partial charge is 0.252 e. The minimum atomic E-state index is -0.150. The SMILES string of the molecule is Cc1ccc2ccccc2c1C(C)(C)/C(=C/C1=Nc2ccc3ccccc3c2C1(C)C)CC(C)C. The van der Waals surface area contributed by atoms with Crippen LogP contribution < -0.4 is 0 Å². The molecule has 5 rings (SSSR count). The van der Waals surface area contributed by atoms with E-state index in [-0.39, 0.29) is 10.8 Å². The van der Waals surface area contributed by atoms with Gasteiger partial charge in [-0.2, -0.15) is 0 Å². The summed E-state index contributed by atoms with van der Waals surface area (Å²) in [5.41, 5.74) is 7.61. The lowest BCUT2D eigenvalue weighted by Gasteiger charge is -2.34. The normalized spacial score (nSPS) is 15.7. The molecule has 0 saturated heterocycles. The molecule has 4 aromatic rings. The number of hydrogen-bond donors (Lipinski definition) is 0. The van der Waals surface area contributed by atoms with Gasteiger partial charge in [-0.05, 0) is 69.6 Å². The number of aryl methyl sites for hydroxylation is 1. The maximum absolute atomic E-state index is 5.23. The molecule has 0 saturated carbocycles. The molecule has 4 aromatic carbocycles. The number of fused-ring (bicyclic) bond motifs is 4. The summed E-state index contributed by atoms with van der Waals surface area (Å²) in [5.74, 6) is 0.559. The molecule has 1 nitrogen and oxygen atoms in total. The van der Waals surface area contributed by atoms with Crippen molar-refractivity contribution in [3.05, 3.63) is 101 Å². The van der Waals surface area contributed by atoms with Crippen LogP contribution in [0.25, 0.3) is 21.5 Å². The number of allylic oxidation sites excluding steroid dienone is 2. The van der Waals surface area contributed by atoms with Crippen molar-refractivity contribution >= 4 is 32.9 Å². The second-order valence-electron chi connectivity index (χ2n) is 11.7. The molecule has 0 bridgehead atoms. The molecule has 0 N–H and O–H groups in total. The molecule has 1 aliphatic rings. The number of aliphatic imine (C=N–C) groups is 1. The number of benzene rings is 4. The van der Waals surface area contributed by atoms with E-state index in [1.807, 2.05) is 0 Å². The van der Waals surface area contributed by atoms with Gasteiger partial charge in [-0.1, -0.05) is 114 Å². The zero-order valence-electron chi connectivity index (χ0n) is 22.2. The third-order valence-corrected chi connectivity index (χ3v) is 7.92. The Morgan fingerprint density at radius 3 is 2.14 bits per heavy atom. The van der Waals surface area contributed by atoms with Crippen LogP contribution in [0.3, 0.4) is 0 Å². The Morgan fingerprint density at radius 1 is 0.857 bits per heavy atom. The fourth-order valence-electron chi connectivity index (χ4n) is 6.09. The van der Waals surface area contributed by atoms with Crippen LogP contribution in [-0.2, 0) is 10.8 Å². The lowest BCUT2D eigenvalue weighted by Crippen LogP contribution is -2.28. The highest BCUT2D eigenvalue weighted by Gasteiger charge is 2.37. The maximum atomic E-state index is 5.23. The predicted octanol–water partition coefficient (Wildman–Crippen LogP) is 9.62. The van der Waals surface area contributed by atoms with Crippen LogP contribution in [0.5, 0.6) is 0 Å². The van der Waals surface area contributed by atoms with Crippen LogP contribution in [0.4, 0.5) is 5.69 Å². The third-order valence-electron chi connectivity index (χ3n) is 7.92. The molecule has 0 aromatic heterocycles. The Morgan fingerprint density at radius 2 is 1.46 bits per heavy atom. The molecule has 1 heterocycles. The average Bonchev–Trinajstić information content (AvgIpc) is 3.08. The van der Waals surface area contributed by atoms with Crippen LogP contribution >= 0.6 is 0 Å². The van der Waals surface area contributed by atoms with E-state index in [9.17, 15) is 0 Å². The van der Waals surface area contributed by atoms with Crippen molar-refractivity contribution in [2.24, 2.45) is 10.9 Å². The van der Waals surface area contributed by atoms with Crippen molar-refractivity contribution in [3.8, 4) is 0 Å². The van der Waals surface area contributed by atoms with Gasteiger partial charge in [0.25, 0.3) is 0 Å². The number of nitrogens with zero attached hydrogens (tertiary/aromatic N) is 1. The van der Waals surface area contributed by atoms with E-state index in [2.05, 4.69) is 127 Å². The molecule has 35 heavy (non-hydrogen) atoms. The van der Waals surface area contributed by atoms with Gasteiger partial charge in [0.2, 0.25) is 0 Å². The van der Waals surface area contributed by atoms with Gasteiger partial charge < -0.3 is 0 Å². The molecule has 1 aliphatic heterocycles. The molecule has 0 unspecified atom stereocenters. The van der Waals surface area contributed by atoms with Gasteiger partial charge >= 0.3 is 0 Å². The average molecular weight is 460 g/mol. The summed E-state index contributed by atoms with van der Waals surface area (Å²) in [7, 11) is 0. The molecule has 0 fully saturated rings. The summed E-state index contributed by atoms with van der Waals surface area (Å²) >= 11 is 0. The van der Waals surface area contributed by atoms with Gasteiger partial charge in [0.1, 0.15) is 0 Å². The highest BCUT2D eigenvalue weighted by Crippen LogP contribution is 2.47. The topological polar surface area (TPSA) is 12.4 Å². The quantitative estimate of drug-likeness (QED) is 0.282. The minimum Gasteiger partial charge on any atom is -0.252 e. The maximum Gasteiger partial charge on any atom is 0.0681 e. The Labute approximate surface area is 210 Å². The summed E-state index contributed by atoms with van der Waals surface area (Å²) in [6, 6.07) is 26.5. The Kier molecular flexibility index (Phi) is 5.71. The minimum absolute atomic E-state index is 0.120. The number of hydrogen-bond acceptors (Lipinski definition) is 1. The molecule has 0 spiro atoms. The first kappa shape index (κ1) is 23.5. The summed E-state index contributed by atoms with van der Waals surface area (Å²) in [5, 5.41) is 5.27. The molecule has 0 radical (unpaired) electrons. The van der Waals surface area contributed by atoms with E-state index in [0.29, 0.717) is 5.92 Å². The summed E-state index contributed by atoms with van der Waals surface area (Å²) < 4.78 is 0. The first-order valence-electron chi connectivity index (χ1n) is 12.9. The van der Waals surface area contributed by atoms with Crippen LogP contribution in [0.1, 0.15) is 64.7 Å². The molecular weight excluding hydrogens is 422 g/mol. The first-order valence-corrected chi connectivity index (χ1v) is 12.9. The molecular formula is C34H37N. The molecule has 0 amide bonds. The van der Waals surface area contributed by atoms with Crippen LogP contribution in [0.15, 0.2) is 89.4 Å². The fourth-order valence-corrected chi connectivity index (χ4v) is 6.09. The van der Waals surface area contributed by atoms with Crippen molar-refractivity contribution in [1.29, 1.82) is 0 Å². The van der Waals surface area contributed by atoms with E-state index in [0.717, 1.165) is 12.1 Å².